The lowest BCUT2D eigenvalue weighted by Gasteiger charge is -2.44. The van der Waals surface area contributed by atoms with Crippen LogP contribution >= 0.6 is 0 Å². The van der Waals surface area contributed by atoms with Gasteiger partial charge >= 0.3 is 6.18 Å². The largest absolute Gasteiger partial charge is 0.416 e. The Kier molecular flexibility index (Phi) is 6.73. The molecule has 4 rings (SSSR count). The molecule has 0 spiro atoms. The summed E-state index contributed by atoms with van der Waals surface area (Å²) in [6.07, 6.45) is 1.91. The summed E-state index contributed by atoms with van der Waals surface area (Å²) < 4.78 is 66.7. The fourth-order valence-corrected chi connectivity index (χ4v) is 6.49. The predicted octanol–water partition coefficient (Wildman–Crippen LogP) is 2.81. The summed E-state index contributed by atoms with van der Waals surface area (Å²) in [5, 5.41) is 2.82. The Morgan fingerprint density at radius 3 is 2.52 bits per heavy atom. The molecule has 2 aliphatic heterocycles. The molecule has 182 valence electrons. The van der Waals surface area contributed by atoms with Crippen LogP contribution in [0.5, 0.6) is 0 Å². The van der Waals surface area contributed by atoms with Gasteiger partial charge in [0.1, 0.15) is 12.1 Å². The Balaban J connectivity index is 1.41. The van der Waals surface area contributed by atoms with Gasteiger partial charge in [-0.05, 0) is 43.4 Å². The van der Waals surface area contributed by atoms with Crippen molar-refractivity contribution in [3.05, 3.63) is 29.8 Å². The number of nitrogens with one attached hydrogen (secondary N) is 2. The molecule has 1 aromatic carbocycles. The number of sulfonamides is 1. The summed E-state index contributed by atoms with van der Waals surface area (Å²) in [5.74, 6) is -0.0240. The van der Waals surface area contributed by atoms with Crippen LogP contribution in [0, 0.1) is 5.92 Å². The van der Waals surface area contributed by atoms with E-state index < -0.39 is 44.8 Å². The van der Waals surface area contributed by atoms with Crippen molar-refractivity contribution in [2.24, 2.45) is 5.92 Å². The third-order valence-electron chi connectivity index (χ3n) is 6.89. The molecule has 7 nitrogen and oxygen atoms in total. The van der Waals surface area contributed by atoms with Gasteiger partial charge in [0.25, 0.3) is 0 Å². The van der Waals surface area contributed by atoms with Gasteiger partial charge < -0.3 is 10.2 Å². The monoisotopic (exact) mass is 487 g/mol. The topological polar surface area (TPSA) is 95.6 Å². The van der Waals surface area contributed by atoms with Gasteiger partial charge in [-0.15, -0.1) is 0 Å². The molecule has 1 saturated carbocycles. The Labute approximate surface area is 191 Å². The van der Waals surface area contributed by atoms with Gasteiger partial charge in [-0.3, -0.25) is 9.59 Å². The third-order valence-corrected chi connectivity index (χ3v) is 8.41. The third kappa shape index (κ3) is 5.34. The number of fused-ring (bicyclic) bond motifs is 1. The maximum atomic E-state index is 13.0. The van der Waals surface area contributed by atoms with Crippen LogP contribution in [0.3, 0.4) is 0 Å². The van der Waals surface area contributed by atoms with Gasteiger partial charge in [-0.25, -0.2) is 13.1 Å². The summed E-state index contributed by atoms with van der Waals surface area (Å²) in [6, 6.07) is 1.53. The van der Waals surface area contributed by atoms with E-state index in [4.69, 9.17) is 0 Å². The quantitative estimate of drug-likeness (QED) is 0.668. The highest BCUT2D eigenvalue weighted by Crippen LogP contribution is 2.32. The number of carbonyl (C=O) groups is 2. The lowest BCUT2D eigenvalue weighted by atomic mass is 9.83. The first-order chi connectivity index (χ1) is 15.5. The summed E-state index contributed by atoms with van der Waals surface area (Å²) in [6.45, 7) is 0.216. The number of piperazine rings is 1. The summed E-state index contributed by atoms with van der Waals surface area (Å²) in [5.41, 5.74) is -1.05. The average molecular weight is 488 g/mol. The summed E-state index contributed by atoms with van der Waals surface area (Å²) in [7, 11) is -4.23. The van der Waals surface area contributed by atoms with Crippen molar-refractivity contribution in [1.29, 1.82) is 0 Å². The standard InChI is InChI=1S/C22H28F3N3O4S/c23-22(24,25)15-7-4-8-17(12-15)33(31,32)27-16-9-10-28-19(13-16)20(29)26-18(21(28)30)11-14-5-2-1-3-6-14/h4,7-8,12,14,16,18-19,27H,1-3,5-6,9-11,13H2,(H,26,29). The second-order valence-corrected chi connectivity index (χ2v) is 10.9. The molecular weight excluding hydrogens is 459 g/mol. The molecule has 2 heterocycles. The second-order valence-electron chi connectivity index (χ2n) is 9.22. The fourth-order valence-electron chi connectivity index (χ4n) is 5.16. The van der Waals surface area contributed by atoms with Crippen LogP contribution in [-0.4, -0.2) is 49.8 Å². The second kappa shape index (κ2) is 9.25. The van der Waals surface area contributed by atoms with Crippen LogP contribution in [0.4, 0.5) is 13.2 Å². The Morgan fingerprint density at radius 2 is 1.82 bits per heavy atom. The van der Waals surface area contributed by atoms with E-state index in [2.05, 4.69) is 10.0 Å². The zero-order valence-electron chi connectivity index (χ0n) is 18.1. The molecule has 0 radical (unpaired) electrons. The Hall–Kier alpha value is -2.14. The van der Waals surface area contributed by atoms with E-state index in [9.17, 15) is 31.2 Å². The van der Waals surface area contributed by atoms with Crippen molar-refractivity contribution in [3.63, 3.8) is 0 Å². The van der Waals surface area contributed by atoms with Crippen LogP contribution in [-0.2, 0) is 25.8 Å². The van der Waals surface area contributed by atoms with Gasteiger partial charge in [-0.2, -0.15) is 13.2 Å². The molecule has 3 atom stereocenters. The minimum atomic E-state index is -4.66. The number of carbonyl (C=O) groups excluding carboxylic acids is 2. The number of alkyl halides is 3. The lowest BCUT2D eigenvalue weighted by Crippen LogP contribution is -2.67. The van der Waals surface area contributed by atoms with E-state index in [1.165, 1.54) is 11.3 Å². The first-order valence-electron chi connectivity index (χ1n) is 11.3. The van der Waals surface area contributed by atoms with E-state index in [-0.39, 0.29) is 31.2 Å². The molecule has 2 amide bonds. The SMILES string of the molecule is O=C1NC(CC2CCCCC2)C(=O)N2CCC(NS(=O)(=O)c3cccc(C(F)(F)F)c3)CC12. The minimum Gasteiger partial charge on any atom is -0.342 e. The fraction of sp³-hybridized carbons (Fsp3) is 0.636. The van der Waals surface area contributed by atoms with E-state index in [1.54, 1.807) is 0 Å². The van der Waals surface area contributed by atoms with Gasteiger partial charge in [-0.1, -0.05) is 38.2 Å². The Bertz CT molecular complexity index is 1010. The molecule has 33 heavy (non-hydrogen) atoms. The van der Waals surface area contributed by atoms with Gasteiger partial charge in [0.05, 0.1) is 10.5 Å². The molecule has 1 aromatic rings. The number of amides is 2. The van der Waals surface area contributed by atoms with Crippen molar-refractivity contribution >= 4 is 21.8 Å². The molecule has 2 N–H and O–H groups in total. The maximum absolute atomic E-state index is 13.0. The lowest BCUT2D eigenvalue weighted by molar-refractivity contribution is -0.152. The van der Waals surface area contributed by atoms with Crippen LogP contribution in [0.15, 0.2) is 29.2 Å². The highest BCUT2D eigenvalue weighted by molar-refractivity contribution is 7.89. The normalized spacial score (nSPS) is 27.2. The van der Waals surface area contributed by atoms with Crippen molar-refractivity contribution in [2.75, 3.05) is 6.54 Å². The molecule has 3 aliphatic rings. The smallest absolute Gasteiger partial charge is 0.342 e. The van der Waals surface area contributed by atoms with Crippen LogP contribution in [0.1, 0.15) is 56.9 Å². The number of nitrogens with zero attached hydrogens (tertiary/aromatic N) is 1. The number of benzene rings is 1. The molecule has 3 unspecified atom stereocenters. The molecule has 11 heteroatoms. The number of hydrogen-bond donors (Lipinski definition) is 2. The summed E-state index contributed by atoms with van der Waals surface area (Å²) >= 11 is 0. The molecule has 3 fully saturated rings. The highest BCUT2D eigenvalue weighted by atomic mass is 32.2. The number of rotatable bonds is 5. The highest BCUT2D eigenvalue weighted by Gasteiger charge is 2.45. The maximum Gasteiger partial charge on any atom is 0.416 e. The van der Waals surface area contributed by atoms with Gasteiger partial charge in [0.15, 0.2) is 0 Å². The first kappa shape index (κ1) is 24.0. The van der Waals surface area contributed by atoms with E-state index in [0.717, 1.165) is 43.9 Å². The van der Waals surface area contributed by atoms with Crippen LogP contribution in [0.2, 0.25) is 0 Å². The molecule has 0 aromatic heterocycles. The van der Waals surface area contributed by atoms with Crippen molar-refractivity contribution in [2.45, 2.75) is 80.6 Å². The van der Waals surface area contributed by atoms with Gasteiger partial charge in [0.2, 0.25) is 21.8 Å². The zero-order chi connectivity index (χ0) is 23.8. The number of hydrogen-bond acceptors (Lipinski definition) is 4. The first-order valence-corrected chi connectivity index (χ1v) is 12.8. The molecular formula is C22H28F3N3O4S. The minimum absolute atomic E-state index is 0.0753. The van der Waals surface area contributed by atoms with E-state index >= 15 is 0 Å². The molecule has 1 aliphatic carbocycles. The number of piperidine rings is 1. The summed E-state index contributed by atoms with van der Waals surface area (Å²) in [4.78, 5) is 26.8. The van der Waals surface area contributed by atoms with Crippen molar-refractivity contribution < 1.29 is 31.2 Å². The molecule has 0 bridgehead atoms. The number of halogens is 3. The van der Waals surface area contributed by atoms with E-state index in [1.807, 2.05) is 0 Å². The molecule has 2 saturated heterocycles. The van der Waals surface area contributed by atoms with E-state index in [0.29, 0.717) is 18.4 Å². The predicted molar refractivity (Wildman–Crippen MR) is 113 cm³/mol. The van der Waals surface area contributed by atoms with Crippen molar-refractivity contribution in [3.8, 4) is 0 Å². The van der Waals surface area contributed by atoms with Crippen LogP contribution in [0.25, 0.3) is 0 Å². The average Bonchev–Trinajstić information content (AvgIpc) is 2.77. The van der Waals surface area contributed by atoms with Gasteiger partial charge in [0, 0.05) is 12.6 Å². The zero-order valence-corrected chi connectivity index (χ0v) is 18.9. The Morgan fingerprint density at radius 1 is 1.09 bits per heavy atom. The van der Waals surface area contributed by atoms with Crippen molar-refractivity contribution in [1.82, 2.24) is 14.9 Å². The van der Waals surface area contributed by atoms with Crippen LogP contribution < -0.4 is 10.0 Å².